The monoisotopic (exact) mass is 299 g/mol. The van der Waals surface area contributed by atoms with Gasteiger partial charge in [-0.2, -0.15) is 0 Å². The zero-order valence-corrected chi connectivity index (χ0v) is 13.4. The summed E-state index contributed by atoms with van der Waals surface area (Å²) in [5.41, 5.74) is 2.33. The minimum atomic E-state index is 0.422. The molecule has 0 saturated heterocycles. The van der Waals surface area contributed by atoms with Crippen LogP contribution in [0.4, 0.5) is 0 Å². The summed E-state index contributed by atoms with van der Waals surface area (Å²) in [7, 11) is 2.04. The molecule has 0 amide bonds. The van der Waals surface area contributed by atoms with Crippen molar-refractivity contribution in [2.45, 2.75) is 32.4 Å². The summed E-state index contributed by atoms with van der Waals surface area (Å²) in [5.74, 6) is 1.18. The van der Waals surface area contributed by atoms with E-state index in [-0.39, 0.29) is 0 Å². The molecule has 3 nitrogen and oxygen atoms in total. The average molecular weight is 299 g/mol. The van der Waals surface area contributed by atoms with Gasteiger partial charge < -0.3 is 9.88 Å². The lowest BCUT2D eigenvalue weighted by Crippen LogP contribution is -2.30. The van der Waals surface area contributed by atoms with Crippen molar-refractivity contribution >= 4 is 22.4 Å². The van der Waals surface area contributed by atoms with Crippen molar-refractivity contribution in [3.63, 3.8) is 0 Å². The normalized spacial score (nSPS) is 12.9. The summed E-state index contributed by atoms with van der Waals surface area (Å²) in [5, 5.41) is 5.58. The molecule has 2 heterocycles. The van der Waals surface area contributed by atoms with Gasteiger partial charge in [-0.3, -0.25) is 0 Å². The molecule has 0 saturated carbocycles. The highest BCUT2D eigenvalue weighted by Gasteiger charge is 2.15. The van der Waals surface area contributed by atoms with Gasteiger partial charge in [0.05, 0.1) is 11.0 Å². The number of thiophene rings is 1. The zero-order valence-electron chi connectivity index (χ0n) is 12.5. The van der Waals surface area contributed by atoms with Crippen LogP contribution in [0.25, 0.3) is 11.0 Å². The minimum absolute atomic E-state index is 0.422. The summed E-state index contributed by atoms with van der Waals surface area (Å²) >= 11 is 1.82. The number of nitrogens with one attached hydrogen (secondary N) is 1. The van der Waals surface area contributed by atoms with E-state index >= 15 is 0 Å². The van der Waals surface area contributed by atoms with E-state index < -0.39 is 0 Å². The molecule has 0 aliphatic rings. The van der Waals surface area contributed by atoms with Crippen LogP contribution in [-0.4, -0.2) is 22.6 Å². The van der Waals surface area contributed by atoms with E-state index in [1.165, 1.54) is 16.2 Å². The molecule has 0 bridgehead atoms. The van der Waals surface area contributed by atoms with Crippen molar-refractivity contribution in [1.29, 1.82) is 0 Å². The van der Waals surface area contributed by atoms with Gasteiger partial charge in [0, 0.05) is 23.9 Å². The van der Waals surface area contributed by atoms with E-state index in [0.717, 1.165) is 24.9 Å². The van der Waals surface area contributed by atoms with Crippen molar-refractivity contribution in [2.75, 3.05) is 7.05 Å². The fourth-order valence-electron chi connectivity index (χ4n) is 2.80. The molecule has 1 unspecified atom stereocenters. The molecule has 110 valence electrons. The second-order valence-corrected chi connectivity index (χ2v) is 6.27. The number of nitrogens with zero attached hydrogens (tertiary/aromatic N) is 2. The van der Waals surface area contributed by atoms with Gasteiger partial charge in [-0.05, 0) is 44.0 Å². The number of fused-ring (bicyclic) bond motifs is 1. The standard InChI is InChI=1S/C17H21N3S/c1-3-20-16-9-5-4-8-15(16)19-17(20)12-13(18-2)11-14-7-6-10-21-14/h4-10,13,18H,3,11-12H2,1-2H3. The quantitative estimate of drug-likeness (QED) is 0.755. The Balaban J connectivity index is 1.85. The van der Waals surface area contributed by atoms with Gasteiger partial charge in [-0.15, -0.1) is 11.3 Å². The van der Waals surface area contributed by atoms with Gasteiger partial charge >= 0.3 is 0 Å². The van der Waals surface area contributed by atoms with Crippen LogP contribution in [0.15, 0.2) is 41.8 Å². The maximum atomic E-state index is 4.83. The molecule has 0 fully saturated rings. The first-order valence-electron chi connectivity index (χ1n) is 7.45. The lowest BCUT2D eigenvalue weighted by molar-refractivity contribution is 0.532. The number of aryl methyl sites for hydroxylation is 1. The Labute approximate surface area is 129 Å². The topological polar surface area (TPSA) is 29.9 Å². The van der Waals surface area contributed by atoms with Crippen molar-refractivity contribution in [1.82, 2.24) is 14.9 Å². The summed E-state index contributed by atoms with van der Waals surface area (Å²) in [6.07, 6.45) is 2.01. The predicted octanol–water partition coefficient (Wildman–Crippen LogP) is 3.49. The van der Waals surface area contributed by atoms with E-state index in [4.69, 9.17) is 4.98 Å². The number of rotatable bonds is 6. The molecule has 3 rings (SSSR count). The number of benzene rings is 1. The SMILES string of the molecule is CCn1c(CC(Cc2cccs2)NC)nc2ccccc21. The molecule has 0 aliphatic heterocycles. The predicted molar refractivity (Wildman–Crippen MR) is 90.0 cm³/mol. The van der Waals surface area contributed by atoms with E-state index in [2.05, 4.69) is 58.6 Å². The summed E-state index contributed by atoms with van der Waals surface area (Å²) in [6.45, 7) is 3.15. The molecular formula is C17H21N3S. The molecular weight excluding hydrogens is 278 g/mol. The highest BCUT2D eigenvalue weighted by atomic mass is 32.1. The fourth-order valence-corrected chi connectivity index (χ4v) is 3.59. The molecule has 0 spiro atoms. The average Bonchev–Trinajstić information content (AvgIpc) is 3.13. The summed E-state index contributed by atoms with van der Waals surface area (Å²) in [4.78, 5) is 6.25. The lowest BCUT2D eigenvalue weighted by atomic mass is 10.1. The molecule has 1 N–H and O–H groups in total. The molecule has 4 heteroatoms. The zero-order chi connectivity index (χ0) is 14.7. The van der Waals surface area contributed by atoms with Gasteiger partial charge in [-0.1, -0.05) is 18.2 Å². The molecule has 2 aromatic heterocycles. The van der Waals surface area contributed by atoms with Gasteiger partial charge in [0.2, 0.25) is 0 Å². The molecule has 0 radical (unpaired) electrons. The van der Waals surface area contributed by atoms with Gasteiger partial charge in [0.15, 0.2) is 0 Å². The molecule has 21 heavy (non-hydrogen) atoms. The van der Waals surface area contributed by atoms with Crippen molar-refractivity contribution in [2.24, 2.45) is 0 Å². The van der Waals surface area contributed by atoms with Crippen LogP contribution in [0, 0.1) is 0 Å². The fraction of sp³-hybridized carbons (Fsp3) is 0.353. The minimum Gasteiger partial charge on any atom is -0.328 e. The van der Waals surface area contributed by atoms with Gasteiger partial charge in [0.1, 0.15) is 5.82 Å². The first kappa shape index (κ1) is 14.3. The first-order valence-corrected chi connectivity index (χ1v) is 8.33. The summed E-state index contributed by atoms with van der Waals surface area (Å²) < 4.78 is 2.33. The van der Waals surface area contributed by atoms with Crippen molar-refractivity contribution in [3.8, 4) is 0 Å². The smallest absolute Gasteiger partial charge is 0.111 e. The Morgan fingerprint density at radius 3 is 2.76 bits per heavy atom. The van der Waals surface area contributed by atoms with Gasteiger partial charge in [-0.25, -0.2) is 4.98 Å². The van der Waals surface area contributed by atoms with E-state index in [1.807, 2.05) is 18.4 Å². The second-order valence-electron chi connectivity index (χ2n) is 5.23. The van der Waals surface area contributed by atoms with Crippen LogP contribution < -0.4 is 5.32 Å². The number of likely N-dealkylation sites (N-methyl/N-ethyl adjacent to an activating group) is 1. The summed E-state index contributed by atoms with van der Waals surface area (Å²) in [6, 6.07) is 13.1. The van der Waals surface area contributed by atoms with E-state index in [1.54, 1.807) is 0 Å². The largest absolute Gasteiger partial charge is 0.328 e. The van der Waals surface area contributed by atoms with Crippen LogP contribution in [0.3, 0.4) is 0 Å². The molecule has 0 aliphatic carbocycles. The number of para-hydroxylation sites is 2. The Bertz CT molecular complexity index is 700. The molecule has 3 aromatic rings. The van der Waals surface area contributed by atoms with Crippen molar-refractivity contribution < 1.29 is 0 Å². The first-order chi connectivity index (χ1) is 10.3. The molecule has 1 atom stereocenters. The highest BCUT2D eigenvalue weighted by Crippen LogP contribution is 2.19. The number of hydrogen-bond donors (Lipinski definition) is 1. The van der Waals surface area contributed by atoms with Crippen LogP contribution in [-0.2, 0) is 19.4 Å². The van der Waals surface area contributed by atoms with E-state index in [0.29, 0.717) is 6.04 Å². The third-order valence-electron chi connectivity index (χ3n) is 3.91. The Morgan fingerprint density at radius 1 is 1.19 bits per heavy atom. The van der Waals surface area contributed by atoms with Crippen LogP contribution >= 0.6 is 11.3 Å². The Morgan fingerprint density at radius 2 is 2.05 bits per heavy atom. The van der Waals surface area contributed by atoms with Crippen LogP contribution in [0.2, 0.25) is 0 Å². The number of imidazole rings is 1. The third kappa shape index (κ3) is 3.01. The van der Waals surface area contributed by atoms with Crippen molar-refractivity contribution in [3.05, 3.63) is 52.5 Å². The number of aromatic nitrogens is 2. The van der Waals surface area contributed by atoms with Gasteiger partial charge in [0.25, 0.3) is 0 Å². The Kier molecular flexibility index (Phi) is 4.36. The maximum Gasteiger partial charge on any atom is 0.111 e. The van der Waals surface area contributed by atoms with Crippen LogP contribution in [0.1, 0.15) is 17.6 Å². The Hall–Kier alpha value is -1.65. The lowest BCUT2D eigenvalue weighted by Gasteiger charge is -2.15. The second kappa shape index (κ2) is 6.41. The third-order valence-corrected chi connectivity index (χ3v) is 4.81. The van der Waals surface area contributed by atoms with E-state index in [9.17, 15) is 0 Å². The highest BCUT2D eigenvalue weighted by molar-refractivity contribution is 7.09. The number of hydrogen-bond acceptors (Lipinski definition) is 3. The molecule has 1 aromatic carbocycles. The maximum absolute atomic E-state index is 4.83. The van der Waals surface area contributed by atoms with Crippen LogP contribution in [0.5, 0.6) is 0 Å².